The highest BCUT2D eigenvalue weighted by Crippen LogP contribution is 2.24. The normalized spacial score (nSPS) is 19.8. The molecule has 21 heavy (non-hydrogen) atoms. The molecule has 1 amide bonds. The van der Waals surface area contributed by atoms with Gasteiger partial charge < -0.3 is 20.5 Å². The van der Waals surface area contributed by atoms with Crippen LogP contribution in [-0.2, 0) is 4.79 Å². The number of para-hydroxylation sites is 1. The van der Waals surface area contributed by atoms with Gasteiger partial charge in [0, 0.05) is 42.6 Å². The Labute approximate surface area is 129 Å². The summed E-state index contributed by atoms with van der Waals surface area (Å²) in [7, 11) is 1.57. The molecule has 1 aromatic rings. The van der Waals surface area contributed by atoms with Crippen molar-refractivity contribution in [3.05, 3.63) is 29.8 Å². The number of rotatable bonds is 6. The summed E-state index contributed by atoms with van der Waals surface area (Å²) in [6, 6.07) is 7.51. The molecule has 1 aliphatic rings. The average Bonchev–Trinajstić information content (AvgIpc) is 2.53. The first kappa shape index (κ1) is 16.1. The van der Waals surface area contributed by atoms with Crippen molar-refractivity contribution in [3.8, 4) is 5.75 Å². The van der Waals surface area contributed by atoms with Crippen LogP contribution < -0.4 is 15.4 Å². The first-order chi connectivity index (χ1) is 10.2. The van der Waals surface area contributed by atoms with Gasteiger partial charge in [-0.25, -0.2) is 0 Å². The van der Waals surface area contributed by atoms with E-state index in [1.54, 1.807) is 19.2 Å². The molecule has 2 rings (SSSR count). The summed E-state index contributed by atoms with van der Waals surface area (Å²) in [4.78, 5) is 11.9. The molecule has 0 spiro atoms. The molecule has 1 aromatic carbocycles. The van der Waals surface area contributed by atoms with Gasteiger partial charge in [-0.3, -0.25) is 4.79 Å². The topological polar surface area (TPSA) is 70.6 Å². The van der Waals surface area contributed by atoms with Gasteiger partial charge in [0.1, 0.15) is 5.75 Å². The molecule has 1 saturated heterocycles. The van der Waals surface area contributed by atoms with Crippen LogP contribution in [0, 0.1) is 0 Å². The molecule has 0 bridgehead atoms. The molecule has 0 aromatic heterocycles. The molecule has 2 atom stereocenters. The van der Waals surface area contributed by atoms with Crippen molar-refractivity contribution in [1.29, 1.82) is 0 Å². The summed E-state index contributed by atoms with van der Waals surface area (Å²) in [6.45, 7) is 1.14. The maximum atomic E-state index is 11.9. The lowest BCUT2D eigenvalue weighted by atomic mass is 10.1. The van der Waals surface area contributed by atoms with E-state index in [1.807, 2.05) is 23.9 Å². The summed E-state index contributed by atoms with van der Waals surface area (Å²) >= 11 is 1.86. The Morgan fingerprint density at radius 1 is 1.57 bits per heavy atom. The zero-order valence-electron chi connectivity index (χ0n) is 12.2. The van der Waals surface area contributed by atoms with E-state index in [9.17, 15) is 9.90 Å². The highest BCUT2D eigenvalue weighted by molar-refractivity contribution is 7.99. The number of carbonyl (C=O) groups is 1. The third kappa shape index (κ3) is 4.91. The number of methoxy groups -OCH3 is 1. The van der Waals surface area contributed by atoms with Crippen molar-refractivity contribution in [1.82, 2.24) is 10.6 Å². The number of benzene rings is 1. The highest BCUT2D eigenvalue weighted by Gasteiger charge is 2.18. The van der Waals surface area contributed by atoms with Gasteiger partial charge in [-0.15, -0.1) is 0 Å². The monoisotopic (exact) mass is 310 g/mol. The summed E-state index contributed by atoms with van der Waals surface area (Å²) in [6.07, 6.45) is -0.315. The highest BCUT2D eigenvalue weighted by atomic mass is 32.2. The molecule has 6 heteroatoms. The fourth-order valence-corrected chi connectivity index (χ4v) is 3.26. The number of aliphatic hydroxyl groups is 1. The minimum Gasteiger partial charge on any atom is -0.496 e. The van der Waals surface area contributed by atoms with Crippen LogP contribution in [0.5, 0.6) is 5.75 Å². The number of thioether (sulfide) groups is 1. The Balaban J connectivity index is 1.80. The maximum absolute atomic E-state index is 11.9. The van der Waals surface area contributed by atoms with Gasteiger partial charge in [-0.2, -0.15) is 11.8 Å². The second-order valence-electron chi connectivity index (χ2n) is 4.99. The van der Waals surface area contributed by atoms with Gasteiger partial charge in [0.05, 0.1) is 13.2 Å². The standard InChI is InChI=1S/C15H22N2O3S/c1-20-14-5-3-2-4-12(14)13(18)9-17-15(19)8-11-10-21-7-6-16-11/h2-5,11,13,16,18H,6-10H2,1H3,(H,17,19). The van der Waals surface area contributed by atoms with Crippen molar-refractivity contribution in [2.45, 2.75) is 18.6 Å². The molecule has 5 nitrogen and oxygen atoms in total. The lowest BCUT2D eigenvalue weighted by Gasteiger charge is -2.23. The van der Waals surface area contributed by atoms with E-state index in [0.29, 0.717) is 17.7 Å². The van der Waals surface area contributed by atoms with Crippen molar-refractivity contribution < 1.29 is 14.6 Å². The van der Waals surface area contributed by atoms with Crippen LogP contribution in [0.4, 0.5) is 0 Å². The van der Waals surface area contributed by atoms with E-state index in [-0.39, 0.29) is 18.5 Å². The molecule has 1 aliphatic heterocycles. The summed E-state index contributed by atoms with van der Waals surface area (Å²) in [5.41, 5.74) is 0.687. The van der Waals surface area contributed by atoms with Crippen molar-refractivity contribution in [2.24, 2.45) is 0 Å². The summed E-state index contributed by atoms with van der Waals surface area (Å²) in [5, 5.41) is 16.3. The minimum atomic E-state index is -0.765. The quantitative estimate of drug-likeness (QED) is 0.729. The van der Waals surface area contributed by atoms with Crippen LogP contribution in [0.1, 0.15) is 18.1 Å². The van der Waals surface area contributed by atoms with Crippen molar-refractivity contribution in [3.63, 3.8) is 0 Å². The van der Waals surface area contributed by atoms with E-state index < -0.39 is 6.10 Å². The van der Waals surface area contributed by atoms with Crippen LogP contribution in [0.15, 0.2) is 24.3 Å². The molecule has 2 unspecified atom stereocenters. The SMILES string of the molecule is COc1ccccc1C(O)CNC(=O)CC1CSCCN1. The lowest BCUT2D eigenvalue weighted by molar-refractivity contribution is -0.122. The maximum Gasteiger partial charge on any atom is 0.221 e. The smallest absolute Gasteiger partial charge is 0.221 e. The molecule has 0 aliphatic carbocycles. The molecule has 1 fully saturated rings. The number of nitrogens with one attached hydrogen (secondary N) is 2. The Bertz CT molecular complexity index is 464. The fraction of sp³-hybridized carbons (Fsp3) is 0.533. The predicted octanol–water partition coefficient (Wildman–Crippen LogP) is 0.940. The van der Waals surface area contributed by atoms with Gasteiger partial charge >= 0.3 is 0 Å². The Morgan fingerprint density at radius 3 is 3.10 bits per heavy atom. The Hall–Kier alpha value is -1.24. The number of aliphatic hydroxyl groups excluding tert-OH is 1. The Kier molecular flexibility index (Phi) is 6.35. The molecule has 116 valence electrons. The van der Waals surface area contributed by atoms with Crippen molar-refractivity contribution >= 4 is 17.7 Å². The first-order valence-electron chi connectivity index (χ1n) is 7.09. The molecule has 1 heterocycles. The summed E-state index contributed by atoms with van der Waals surface area (Å²) < 4.78 is 5.21. The third-order valence-corrected chi connectivity index (χ3v) is 4.55. The van der Waals surface area contributed by atoms with Gasteiger partial charge in [0.25, 0.3) is 0 Å². The number of hydrogen-bond donors (Lipinski definition) is 3. The van der Waals surface area contributed by atoms with Crippen LogP contribution in [0.25, 0.3) is 0 Å². The van der Waals surface area contributed by atoms with E-state index >= 15 is 0 Å². The number of carbonyl (C=O) groups excluding carboxylic acids is 1. The van der Waals surface area contributed by atoms with E-state index in [4.69, 9.17) is 4.74 Å². The fourth-order valence-electron chi connectivity index (χ4n) is 2.31. The largest absolute Gasteiger partial charge is 0.496 e. The molecular weight excluding hydrogens is 288 g/mol. The van der Waals surface area contributed by atoms with Crippen LogP contribution in [-0.4, -0.2) is 48.8 Å². The average molecular weight is 310 g/mol. The Morgan fingerprint density at radius 2 is 2.38 bits per heavy atom. The van der Waals surface area contributed by atoms with Crippen LogP contribution in [0.3, 0.4) is 0 Å². The van der Waals surface area contributed by atoms with Gasteiger partial charge in [0.2, 0.25) is 5.91 Å². The van der Waals surface area contributed by atoms with E-state index in [1.165, 1.54) is 0 Å². The van der Waals surface area contributed by atoms with Crippen LogP contribution >= 0.6 is 11.8 Å². The number of hydrogen-bond acceptors (Lipinski definition) is 5. The van der Waals surface area contributed by atoms with Crippen molar-refractivity contribution in [2.75, 3.05) is 31.7 Å². The number of ether oxygens (including phenoxy) is 1. The van der Waals surface area contributed by atoms with Gasteiger partial charge in [-0.1, -0.05) is 18.2 Å². The third-order valence-electron chi connectivity index (χ3n) is 3.42. The molecule has 3 N–H and O–H groups in total. The number of amides is 1. The van der Waals surface area contributed by atoms with Gasteiger partial charge in [-0.05, 0) is 6.07 Å². The van der Waals surface area contributed by atoms with E-state index in [0.717, 1.165) is 18.1 Å². The molecule has 0 radical (unpaired) electrons. The van der Waals surface area contributed by atoms with Crippen LogP contribution in [0.2, 0.25) is 0 Å². The predicted molar refractivity (Wildman–Crippen MR) is 84.7 cm³/mol. The van der Waals surface area contributed by atoms with Gasteiger partial charge in [0.15, 0.2) is 0 Å². The second kappa shape index (κ2) is 8.26. The zero-order chi connectivity index (χ0) is 15.1. The molecular formula is C15H22N2O3S. The summed E-state index contributed by atoms with van der Waals surface area (Å²) in [5.74, 6) is 2.65. The van der Waals surface area contributed by atoms with E-state index in [2.05, 4.69) is 10.6 Å². The molecule has 0 saturated carbocycles. The second-order valence-corrected chi connectivity index (χ2v) is 6.14. The zero-order valence-corrected chi connectivity index (χ0v) is 13.0. The first-order valence-corrected chi connectivity index (χ1v) is 8.25. The lowest BCUT2D eigenvalue weighted by Crippen LogP contribution is -2.41. The minimum absolute atomic E-state index is 0.0380.